The van der Waals surface area contributed by atoms with Crippen LogP contribution in [-0.2, 0) is 33.5 Å². The van der Waals surface area contributed by atoms with E-state index in [4.69, 9.17) is 80.4 Å². The minimum Gasteiger partial charge on any atom is -0.492 e. The predicted molar refractivity (Wildman–Crippen MR) is 295 cm³/mol. The Morgan fingerprint density at radius 3 is 0.987 bits per heavy atom. The number of halogens is 3. The lowest BCUT2D eigenvalue weighted by molar-refractivity contribution is 0.0895. The van der Waals surface area contributed by atoms with Gasteiger partial charge in [-0.2, -0.15) is 0 Å². The van der Waals surface area contributed by atoms with Crippen LogP contribution in [-0.4, -0.2) is 170 Å². The molecule has 6 aliphatic heterocycles. The highest BCUT2D eigenvalue weighted by Gasteiger charge is 2.31. The summed E-state index contributed by atoms with van der Waals surface area (Å²) in [4.78, 5) is 45.4. The molecule has 0 atom stereocenters. The van der Waals surface area contributed by atoms with Gasteiger partial charge in [0.15, 0.2) is 0 Å². The molecule has 3 amide bonds. The van der Waals surface area contributed by atoms with Crippen molar-refractivity contribution < 1.29 is 42.8 Å². The Morgan fingerprint density at radius 2 is 0.747 bits per heavy atom. The summed E-state index contributed by atoms with van der Waals surface area (Å²) >= 11 is 18.6. The highest BCUT2D eigenvalue weighted by molar-refractivity contribution is 6.34. The van der Waals surface area contributed by atoms with Gasteiger partial charge >= 0.3 is 0 Å². The van der Waals surface area contributed by atoms with Crippen molar-refractivity contribution in [1.82, 2.24) is 30.7 Å². The molecular formula is C54H78Cl3N9O9. The lowest BCUT2D eigenvalue weighted by Gasteiger charge is -2.32. The van der Waals surface area contributed by atoms with Crippen LogP contribution in [0.2, 0.25) is 15.1 Å². The molecule has 0 aliphatic carbocycles. The third-order valence-corrected chi connectivity index (χ3v) is 15.8. The van der Waals surface area contributed by atoms with Crippen molar-refractivity contribution in [2.24, 2.45) is 0 Å². The first-order valence-electron chi connectivity index (χ1n) is 26.6. The summed E-state index contributed by atoms with van der Waals surface area (Å²) in [6.45, 7) is 13.1. The lowest BCUT2D eigenvalue weighted by Crippen LogP contribution is -2.45. The second-order valence-corrected chi connectivity index (χ2v) is 21.2. The normalized spacial score (nSPS) is 18.0. The van der Waals surface area contributed by atoms with Crippen molar-refractivity contribution in [2.75, 3.05) is 137 Å². The Labute approximate surface area is 457 Å². The number of rotatable bonds is 18. The molecule has 18 nitrogen and oxygen atoms in total. The van der Waals surface area contributed by atoms with Crippen molar-refractivity contribution in [3.8, 4) is 17.2 Å². The van der Waals surface area contributed by atoms with E-state index < -0.39 is 0 Å². The number of amides is 3. The summed E-state index contributed by atoms with van der Waals surface area (Å²) in [7, 11) is 5.18. The van der Waals surface area contributed by atoms with Crippen LogP contribution < -0.4 is 47.4 Å². The number of hydrogen-bond donors (Lipinski definition) is 6. The van der Waals surface area contributed by atoms with E-state index in [1.165, 1.54) is 0 Å². The second kappa shape index (κ2) is 28.8. The van der Waals surface area contributed by atoms with Gasteiger partial charge in [0.2, 0.25) is 0 Å². The minimum absolute atomic E-state index is 0.127. The van der Waals surface area contributed by atoms with Crippen LogP contribution in [0.15, 0.2) is 18.2 Å². The van der Waals surface area contributed by atoms with E-state index in [0.717, 1.165) is 153 Å². The molecule has 3 saturated heterocycles. The van der Waals surface area contributed by atoms with Crippen molar-refractivity contribution >= 4 is 69.6 Å². The first-order valence-corrected chi connectivity index (χ1v) is 27.7. The third-order valence-electron chi connectivity index (χ3n) is 14.9. The number of fused-ring (bicyclic) bond motifs is 3. The van der Waals surface area contributed by atoms with Gasteiger partial charge in [-0.3, -0.25) is 14.4 Å². The van der Waals surface area contributed by atoms with Crippen LogP contribution in [0.3, 0.4) is 0 Å². The van der Waals surface area contributed by atoms with E-state index in [1.807, 2.05) is 0 Å². The van der Waals surface area contributed by atoms with Gasteiger partial charge in [-0.15, -0.1) is 0 Å². The first-order chi connectivity index (χ1) is 36.3. The van der Waals surface area contributed by atoms with Crippen LogP contribution in [0.4, 0.5) is 17.1 Å². The number of hydrogen-bond acceptors (Lipinski definition) is 15. The molecule has 0 unspecified atom stereocenters. The number of nitrogen functional groups attached to an aromatic ring is 3. The number of methoxy groups -OCH3 is 3. The van der Waals surface area contributed by atoms with E-state index in [1.54, 1.807) is 39.5 Å². The fourth-order valence-electron chi connectivity index (χ4n) is 10.6. The molecule has 75 heavy (non-hydrogen) atoms. The topological polar surface area (TPSA) is 230 Å². The van der Waals surface area contributed by atoms with Crippen molar-refractivity contribution in [1.29, 1.82) is 0 Å². The first kappa shape index (κ1) is 58.2. The van der Waals surface area contributed by atoms with Crippen LogP contribution in [0.1, 0.15) is 106 Å². The average Bonchev–Trinajstić information content (AvgIpc) is 4.23. The minimum atomic E-state index is -0.127. The van der Waals surface area contributed by atoms with Gasteiger partial charge in [0.25, 0.3) is 17.7 Å². The van der Waals surface area contributed by atoms with Gasteiger partial charge in [0.05, 0.1) is 68.6 Å². The molecule has 21 heteroatoms. The average molecular weight is 1100 g/mol. The predicted octanol–water partition coefficient (Wildman–Crippen LogP) is 6.26. The summed E-state index contributed by atoms with van der Waals surface area (Å²) in [5.41, 5.74) is 23.6. The monoisotopic (exact) mass is 1100 g/mol. The zero-order chi connectivity index (χ0) is 53.4. The quantitative estimate of drug-likeness (QED) is 0.0610. The zero-order valence-electron chi connectivity index (χ0n) is 43.9. The molecule has 0 radical (unpaired) electrons. The molecule has 3 aromatic carbocycles. The number of nitrogens with zero attached hydrogens (tertiary/aromatic N) is 3. The number of nitrogens with two attached hydrogens (primary N) is 3. The maximum Gasteiger partial charge on any atom is 0.255 e. The molecule has 9 rings (SSSR count). The maximum atomic E-state index is 12.7. The van der Waals surface area contributed by atoms with Gasteiger partial charge in [-0.05, 0) is 76.0 Å². The molecule has 3 fully saturated rings. The van der Waals surface area contributed by atoms with Crippen LogP contribution in [0.5, 0.6) is 17.2 Å². The molecule has 9 N–H and O–H groups in total. The highest BCUT2D eigenvalue weighted by atomic mass is 35.5. The largest absolute Gasteiger partial charge is 0.492 e. The molecule has 0 aromatic heterocycles. The van der Waals surface area contributed by atoms with Gasteiger partial charge in [0, 0.05) is 154 Å². The Bertz CT molecular complexity index is 2150. The summed E-state index contributed by atoms with van der Waals surface area (Å²) in [6.07, 6.45) is 10.9. The van der Waals surface area contributed by atoms with Crippen LogP contribution >= 0.6 is 34.8 Å². The molecular weight excluding hydrogens is 1030 g/mol. The standard InChI is InChI=1S/3C18H26ClN3O3/c3*1-24-9-2-6-22-7-3-12(4-8-22)21-18(23)14-11-15(19)16(20)13-5-10-25-17(13)14/h3*11-12H,2-10,20H2,1H3,(H,21,23). The molecule has 6 heterocycles. The van der Waals surface area contributed by atoms with E-state index in [0.29, 0.717) is 105 Å². The number of nitrogens with one attached hydrogen (secondary N) is 3. The number of anilines is 3. The molecule has 3 aromatic rings. The van der Waals surface area contributed by atoms with Gasteiger partial charge < -0.3 is 76.3 Å². The number of carbonyl (C=O) groups is 3. The summed E-state index contributed by atoms with van der Waals surface area (Å²) in [6, 6.07) is 5.40. The summed E-state index contributed by atoms with van der Waals surface area (Å²) < 4.78 is 32.2. The Hall–Kier alpha value is -4.50. The highest BCUT2D eigenvalue weighted by Crippen LogP contribution is 2.41. The molecule has 6 aliphatic rings. The van der Waals surface area contributed by atoms with Gasteiger partial charge in [-0.25, -0.2) is 0 Å². The lowest BCUT2D eigenvalue weighted by atomic mass is 10.0. The van der Waals surface area contributed by atoms with Crippen molar-refractivity contribution in [3.05, 3.63) is 66.6 Å². The summed E-state index contributed by atoms with van der Waals surface area (Å²) in [5.74, 6) is 1.40. The van der Waals surface area contributed by atoms with E-state index in [9.17, 15) is 14.4 Å². The number of piperidine rings is 3. The smallest absolute Gasteiger partial charge is 0.255 e. The van der Waals surface area contributed by atoms with Crippen LogP contribution in [0.25, 0.3) is 0 Å². The molecule has 414 valence electrons. The second-order valence-electron chi connectivity index (χ2n) is 20.0. The van der Waals surface area contributed by atoms with E-state index in [-0.39, 0.29) is 35.8 Å². The molecule has 0 saturated carbocycles. The van der Waals surface area contributed by atoms with E-state index >= 15 is 0 Å². The SMILES string of the molecule is COCCCN1CCC(NC(=O)c2cc(Cl)c(N)c3c2OCC3)CC1.COCCCN1CCC(NC(=O)c2cc(Cl)c(N)c3c2OCC3)CC1.COCCCN1CCC(NC(=O)c2cc(Cl)c(N)c3c2OCC3)CC1. The van der Waals surface area contributed by atoms with Crippen molar-refractivity contribution in [3.63, 3.8) is 0 Å². The van der Waals surface area contributed by atoms with Crippen LogP contribution in [0, 0.1) is 0 Å². The number of likely N-dealkylation sites (tertiary alicyclic amines) is 3. The van der Waals surface area contributed by atoms with Crippen molar-refractivity contribution in [2.45, 2.75) is 95.2 Å². The van der Waals surface area contributed by atoms with Gasteiger partial charge in [-0.1, -0.05) is 34.8 Å². The molecule has 0 spiro atoms. The van der Waals surface area contributed by atoms with E-state index in [2.05, 4.69) is 30.7 Å². The number of ether oxygens (including phenoxy) is 6. The number of benzene rings is 3. The zero-order valence-corrected chi connectivity index (χ0v) is 46.2. The third kappa shape index (κ3) is 15.6. The Kier molecular flexibility index (Phi) is 22.3. The fourth-order valence-corrected chi connectivity index (χ4v) is 11.3. The Balaban J connectivity index is 0.000000164. The number of carbonyl (C=O) groups excluding carboxylic acids is 3. The maximum absolute atomic E-state index is 12.7. The fraction of sp³-hybridized carbons (Fsp3) is 0.611. The Morgan fingerprint density at radius 1 is 0.493 bits per heavy atom. The summed E-state index contributed by atoms with van der Waals surface area (Å²) in [5, 5.41) is 10.6. The van der Waals surface area contributed by atoms with Gasteiger partial charge in [0.1, 0.15) is 17.2 Å². The molecule has 0 bridgehead atoms.